The van der Waals surface area contributed by atoms with Gasteiger partial charge in [0.25, 0.3) is 5.91 Å². The van der Waals surface area contributed by atoms with Crippen LogP contribution in [0, 0.1) is 5.82 Å². The highest BCUT2D eigenvalue weighted by molar-refractivity contribution is 6.30. The molecule has 0 bridgehead atoms. The maximum atomic E-state index is 13.2. The summed E-state index contributed by atoms with van der Waals surface area (Å²) in [5, 5.41) is 9.20. The molecule has 1 aliphatic heterocycles. The lowest BCUT2D eigenvalue weighted by Crippen LogP contribution is -2.58. The second-order valence-corrected chi connectivity index (χ2v) is 8.54. The Labute approximate surface area is 197 Å². The van der Waals surface area contributed by atoms with Gasteiger partial charge in [0.1, 0.15) is 18.1 Å². The van der Waals surface area contributed by atoms with E-state index >= 15 is 0 Å². The van der Waals surface area contributed by atoms with Crippen molar-refractivity contribution >= 4 is 29.2 Å². The molecule has 33 heavy (non-hydrogen) atoms. The number of amides is 1. The third-order valence-electron chi connectivity index (χ3n) is 5.49. The van der Waals surface area contributed by atoms with Crippen LogP contribution in [0.4, 0.5) is 10.1 Å². The van der Waals surface area contributed by atoms with Crippen LogP contribution < -0.4 is 15.6 Å². The summed E-state index contributed by atoms with van der Waals surface area (Å²) in [6, 6.07) is 11.4. The number of anilines is 1. The van der Waals surface area contributed by atoms with E-state index in [1.807, 2.05) is 6.92 Å². The number of hydrazine groups is 1. The Morgan fingerprint density at radius 3 is 2.58 bits per heavy atom. The summed E-state index contributed by atoms with van der Waals surface area (Å²) in [5.74, 6) is -1.05. The predicted molar refractivity (Wildman–Crippen MR) is 124 cm³/mol. The Hall–Kier alpha value is -2.88. The van der Waals surface area contributed by atoms with E-state index in [4.69, 9.17) is 21.4 Å². The highest BCUT2D eigenvalue weighted by Crippen LogP contribution is 2.28. The van der Waals surface area contributed by atoms with Crippen molar-refractivity contribution in [3.05, 3.63) is 58.9 Å². The fourth-order valence-corrected chi connectivity index (χ4v) is 3.93. The minimum absolute atomic E-state index is 0.0159. The van der Waals surface area contributed by atoms with Crippen LogP contribution >= 0.6 is 11.6 Å². The number of hydrogen-bond donors (Lipinski definition) is 3. The Bertz CT molecular complexity index is 975. The van der Waals surface area contributed by atoms with Crippen LogP contribution in [0.2, 0.25) is 5.02 Å². The van der Waals surface area contributed by atoms with Crippen molar-refractivity contribution in [1.82, 2.24) is 15.2 Å². The zero-order chi connectivity index (χ0) is 24.0. The number of carboxylic acid groups (broad SMARTS) is 1. The molecule has 1 saturated heterocycles. The fourth-order valence-electron chi connectivity index (χ4n) is 3.75. The van der Waals surface area contributed by atoms with E-state index < -0.39 is 5.97 Å². The second kappa shape index (κ2) is 11.3. The maximum absolute atomic E-state index is 13.2. The van der Waals surface area contributed by atoms with Crippen LogP contribution in [0.3, 0.4) is 0 Å². The van der Waals surface area contributed by atoms with E-state index in [2.05, 4.69) is 22.7 Å². The molecule has 0 radical (unpaired) electrons. The number of nitrogens with zero attached hydrogens (tertiary/aromatic N) is 2. The number of nitrogens with one attached hydrogen (secondary N) is 2. The van der Waals surface area contributed by atoms with E-state index in [-0.39, 0.29) is 37.0 Å². The number of rotatable bonds is 9. The summed E-state index contributed by atoms with van der Waals surface area (Å²) in [7, 11) is 0. The molecule has 8 nitrogen and oxygen atoms in total. The van der Waals surface area contributed by atoms with Crippen LogP contribution in [0.1, 0.15) is 19.4 Å². The highest BCUT2D eigenvalue weighted by Gasteiger charge is 2.32. The SMILES string of the molecule is C[C@@H]1CN(Cc2ccc(F)cc2)[C@@H](C)CN1C(=O)COc1ccc(Cl)cc1NNCC(=O)O. The van der Waals surface area contributed by atoms with Crippen molar-refractivity contribution in [2.75, 3.05) is 31.7 Å². The summed E-state index contributed by atoms with van der Waals surface area (Å²) < 4.78 is 18.9. The summed E-state index contributed by atoms with van der Waals surface area (Å²) in [5.41, 5.74) is 6.75. The first-order chi connectivity index (χ1) is 15.7. The van der Waals surface area contributed by atoms with Gasteiger partial charge >= 0.3 is 5.97 Å². The smallest absolute Gasteiger partial charge is 0.319 e. The van der Waals surface area contributed by atoms with Gasteiger partial charge in [0.2, 0.25) is 0 Å². The van der Waals surface area contributed by atoms with E-state index in [1.165, 1.54) is 12.1 Å². The van der Waals surface area contributed by atoms with Crippen LogP contribution in [-0.2, 0) is 16.1 Å². The summed E-state index contributed by atoms with van der Waals surface area (Å²) in [6.45, 7) is 5.52. The molecule has 10 heteroatoms. The largest absolute Gasteiger partial charge is 0.482 e. The van der Waals surface area contributed by atoms with Crippen LogP contribution in [0.5, 0.6) is 5.75 Å². The van der Waals surface area contributed by atoms with Gasteiger partial charge in [-0.25, -0.2) is 9.82 Å². The molecule has 0 unspecified atom stereocenters. The number of benzene rings is 2. The predicted octanol–water partition coefficient (Wildman–Crippen LogP) is 2.98. The molecule has 0 aliphatic carbocycles. The molecular weight excluding hydrogens is 451 g/mol. The maximum Gasteiger partial charge on any atom is 0.319 e. The van der Waals surface area contributed by atoms with Crippen molar-refractivity contribution in [1.29, 1.82) is 0 Å². The molecule has 3 N–H and O–H groups in total. The normalized spacial score (nSPS) is 18.7. The van der Waals surface area contributed by atoms with Gasteiger partial charge in [-0.2, -0.15) is 0 Å². The molecule has 178 valence electrons. The topological polar surface area (TPSA) is 94.1 Å². The number of aliphatic carboxylic acids is 1. The van der Waals surface area contributed by atoms with Crippen LogP contribution in [-0.4, -0.2) is 65.1 Å². The van der Waals surface area contributed by atoms with E-state index in [0.717, 1.165) is 5.56 Å². The first-order valence-corrected chi connectivity index (χ1v) is 11.0. The average Bonchev–Trinajstić information content (AvgIpc) is 2.76. The quantitative estimate of drug-likeness (QED) is 0.477. The van der Waals surface area contributed by atoms with Crippen molar-refractivity contribution < 1.29 is 23.8 Å². The average molecular weight is 479 g/mol. The molecule has 1 amide bonds. The van der Waals surface area contributed by atoms with Crippen LogP contribution in [0.15, 0.2) is 42.5 Å². The molecule has 1 aliphatic rings. The Morgan fingerprint density at radius 2 is 1.88 bits per heavy atom. The number of carbonyl (C=O) groups excluding carboxylic acids is 1. The van der Waals surface area contributed by atoms with Gasteiger partial charge in [0.05, 0.1) is 5.69 Å². The number of carbonyl (C=O) groups is 2. The molecule has 2 atom stereocenters. The van der Waals surface area contributed by atoms with E-state index in [9.17, 15) is 14.0 Å². The molecule has 1 heterocycles. The first-order valence-electron chi connectivity index (χ1n) is 10.6. The van der Waals surface area contributed by atoms with Gasteiger partial charge in [0.15, 0.2) is 6.61 Å². The monoisotopic (exact) mass is 478 g/mol. The Morgan fingerprint density at radius 1 is 1.15 bits per heavy atom. The van der Waals surface area contributed by atoms with Crippen LogP contribution in [0.25, 0.3) is 0 Å². The van der Waals surface area contributed by atoms with E-state index in [0.29, 0.717) is 36.1 Å². The van der Waals surface area contributed by atoms with Gasteiger partial charge in [0, 0.05) is 36.7 Å². The number of carboxylic acids is 1. The minimum Gasteiger partial charge on any atom is -0.482 e. The fraction of sp³-hybridized carbons (Fsp3) is 0.391. The summed E-state index contributed by atoms with van der Waals surface area (Å²) >= 11 is 6.02. The molecular formula is C23H28ClFN4O4. The number of piperazine rings is 1. The zero-order valence-corrected chi connectivity index (χ0v) is 19.3. The van der Waals surface area contributed by atoms with Crippen molar-refractivity contribution in [3.63, 3.8) is 0 Å². The lowest BCUT2D eigenvalue weighted by Gasteiger charge is -2.44. The lowest BCUT2D eigenvalue weighted by atomic mass is 10.1. The molecule has 0 aromatic heterocycles. The molecule has 0 spiro atoms. The Kier molecular flexibility index (Phi) is 8.49. The second-order valence-electron chi connectivity index (χ2n) is 8.10. The third-order valence-corrected chi connectivity index (χ3v) is 5.72. The molecule has 0 saturated carbocycles. The summed E-state index contributed by atoms with van der Waals surface area (Å²) in [4.78, 5) is 27.7. The molecule has 3 rings (SSSR count). The Balaban J connectivity index is 1.56. The minimum atomic E-state index is -1.02. The first kappa shape index (κ1) is 24.8. The van der Waals surface area contributed by atoms with Crippen molar-refractivity contribution in [2.24, 2.45) is 0 Å². The van der Waals surface area contributed by atoms with Crippen molar-refractivity contribution in [3.8, 4) is 5.75 Å². The molecule has 1 fully saturated rings. The van der Waals surface area contributed by atoms with Crippen molar-refractivity contribution in [2.45, 2.75) is 32.5 Å². The number of ether oxygens (including phenoxy) is 1. The number of halogens is 2. The van der Waals surface area contributed by atoms with Gasteiger partial charge < -0.3 is 20.2 Å². The van der Waals surface area contributed by atoms with Gasteiger partial charge in [-0.05, 0) is 49.7 Å². The summed E-state index contributed by atoms with van der Waals surface area (Å²) in [6.07, 6.45) is 0. The standard InChI is InChI=1S/C23H28ClFN4O4/c1-15-12-29(16(2)11-28(15)13-17-3-6-19(25)7-4-17)22(30)14-33-21-8-5-18(24)9-20(21)27-26-10-23(31)32/h3-9,15-16,26-27H,10-14H2,1-2H3,(H,31,32)/t15-,16+/m0/s1. The van der Waals surface area contributed by atoms with Gasteiger partial charge in [-0.1, -0.05) is 23.7 Å². The number of hydrogen-bond acceptors (Lipinski definition) is 6. The lowest BCUT2D eigenvalue weighted by molar-refractivity contribution is -0.139. The third kappa shape index (κ3) is 7.05. The molecule has 2 aromatic carbocycles. The highest BCUT2D eigenvalue weighted by atomic mass is 35.5. The van der Waals surface area contributed by atoms with Gasteiger partial charge in [-0.3, -0.25) is 14.5 Å². The van der Waals surface area contributed by atoms with E-state index in [1.54, 1.807) is 35.2 Å². The zero-order valence-electron chi connectivity index (χ0n) is 18.6. The van der Waals surface area contributed by atoms with Gasteiger partial charge in [-0.15, -0.1) is 0 Å². The molecule has 2 aromatic rings.